The van der Waals surface area contributed by atoms with Crippen molar-refractivity contribution in [2.24, 2.45) is 0 Å². The maximum Gasteiger partial charge on any atom is 0.128 e. The molecule has 3 N–H and O–H groups in total. The maximum atomic E-state index is 10.0. The van der Waals surface area contributed by atoms with E-state index in [1.807, 2.05) is 26.1 Å². The van der Waals surface area contributed by atoms with Crippen LogP contribution in [0.15, 0.2) is 24.3 Å². The van der Waals surface area contributed by atoms with Crippen LogP contribution in [-0.4, -0.2) is 56.1 Å². The van der Waals surface area contributed by atoms with E-state index in [0.717, 1.165) is 23.6 Å². The molecule has 1 aromatic rings. The van der Waals surface area contributed by atoms with Crippen molar-refractivity contribution in [3.05, 3.63) is 29.8 Å². The summed E-state index contributed by atoms with van der Waals surface area (Å²) in [6.45, 7) is 3.30. The van der Waals surface area contributed by atoms with Gasteiger partial charge in [0.1, 0.15) is 25.4 Å². The van der Waals surface area contributed by atoms with Crippen LogP contribution in [-0.2, 0) is 4.79 Å². The molecule has 0 atom stereocenters. The Hall–Kier alpha value is -1.63. The van der Waals surface area contributed by atoms with Gasteiger partial charge in [-0.2, -0.15) is 0 Å². The molecule has 6 heteroatoms. The quantitative estimate of drug-likeness (QED) is 0.520. The van der Waals surface area contributed by atoms with Crippen molar-refractivity contribution >= 4 is 5.97 Å². The first kappa shape index (κ1) is 18.4. The van der Waals surface area contributed by atoms with Crippen LogP contribution >= 0.6 is 0 Å². The standard InChI is InChI=1S/C9H10O3.C5H13NO2/c1-7-4-2-3-5-8(7)12-6-9(10)11;1-6(2-4-7)3-5-8/h2-5H,6H2,1H3,(H,10,11);7-8H,2-5H2,1H3. The lowest BCUT2D eigenvalue weighted by Gasteiger charge is -2.08. The molecule has 0 amide bonds. The number of benzene rings is 1. The number of carbonyl (C=O) groups is 1. The van der Waals surface area contributed by atoms with Gasteiger partial charge in [0.25, 0.3) is 0 Å². The van der Waals surface area contributed by atoms with Crippen molar-refractivity contribution in [2.75, 3.05) is 40.0 Å². The summed E-state index contributed by atoms with van der Waals surface area (Å²) in [5, 5.41) is 26.8. The van der Waals surface area contributed by atoms with E-state index in [-0.39, 0.29) is 13.2 Å². The van der Waals surface area contributed by atoms with Crippen LogP contribution in [0.2, 0.25) is 0 Å². The average Bonchev–Trinajstić information content (AvgIpc) is 2.39. The number of likely N-dealkylation sites (N-methyl/N-ethyl adjacent to an activating group) is 1. The summed E-state index contributed by atoms with van der Waals surface area (Å²) in [5.74, 6) is -0.625. The molecule has 0 unspecified atom stereocenters. The molecule has 0 bridgehead atoms. The zero-order valence-electron chi connectivity index (χ0n) is 12.0. The van der Waals surface area contributed by atoms with Gasteiger partial charge < -0.3 is 29.8 Å². The van der Waals surface area contributed by atoms with Crippen molar-refractivity contribution in [3.8, 4) is 5.75 Å². The Kier molecular flexibility index (Phi) is 10.3. The van der Waals surface area contributed by atoms with Gasteiger partial charge in [-0.15, -0.1) is 0 Å². The molecule has 0 spiro atoms. The van der Waals surface area contributed by atoms with Gasteiger partial charge in [0.15, 0.2) is 0 Å². The molecule has 20 heavy (non-hydrogen) atoms. The normalized spacial score (nSPS) is 9.85. The monoisotopic (exact) mass is 285 g/mol. The first-order valence-corrected chi connectivity index (χ1v) is 6.42. The van der Waals surface area contributed by atoms with Crippen LogP contribution in [0.3, 0.4) is 0 Å². The molecule has 0 aliphatic heterocycles. The van der Waals surface area contributed by atoms with Crippen LogP contribution < -0.4 is 14.7 Å². The molecule has 0 aliphatic carbocycles. The highest BCUT2D eigenvalue weighted by atomic mass is 16.5. The molecule has 1 aromatic carbocycles. The number of hydrogen-bond donors (Lipinski definition) is 3. The van der Waals surface area contributed by atoms with E-state index >= 15 is 0 Å². The Morgan fingerprint density at radius 3 is 2.25 bits per heavy atom. The molecule has 0 aromatic heterocycles. The van der Waals surface area contributed by atoms with E-state index in [0.29, 0.717) is 5.75 Å². The highest BCUT2D eigenvalue weighted by molar-refractivity contribution is 5.66. The number of aliphatic hydroxyl groups excluding tert-OH is 2. The lowest BCUT2D eigenvalue weighted by atomic mass is 10.2. The minimum absolute atomic E-state index is 0.200. The fourth-order valence-electron chi connectivity index (χ4n) is 1.36. The molecule has 6 nitrogen and oxygen atoms in total. The number of para-hydroxylation sites is 1. The van der Waals surface area contributed by atoms with Crippen molar-refractivity contribution in [1.29, 1.82) is 0 Å². The van der Waals surface area contributed by atoms with Gasteiger partial charge in [-0.3, -0.25) is 0 Å². The number of aryl methyl sites for hydroxylation is 1. The number of carbonyl (C=O) groups excluding carboxylic acids is 1. The molecule has 114 valence electrons. The number of ether oxygens (including phenoxy) is 1. The molecule has 0 heterocycles. The Bertz CT molecular complexity index is 378. The lowest BCUT2D eigenvalue weighted by Crippen LogP contribution is -3.10. The fourth-order valence-corrected chi connectivity index (χ4v) is 1.36. The predicted octanol–water partition coefficient (Wildman–Crippen LogP) is -2.39. The van der Waals surface area contributed by atoms with Crippen LogP contribution in [0.1, 0.15) is 5.56 Å². The van der Waals surface area contributed by atoms with Gasteiger partial charge in [-0.05, 0) is 18.6 Å². The summed E-state index contributed by atoms with van der Waals surface area (Å²) in [5.41, 5.74) is 0.916. The van der Waals surface area contributed by atoms with Crippen LogP contribution in [0.4, 0.5) is 0 Å². The third-order valence-corrected chi connectivity index (χ3v) is 2.52. The summed E-state index contributed by atoms with van der Waals surface area (Å²) in [4.78, 5) is 11.2. The zero-order chi connectivity index (χ0) is 15.4. The summed E-state index contributed by atoms with van der Waals surface area (Å²) < 4.78 is 4.94. The number of quaternary nitrogens is 1. The second-order valence-electron chi connectivity index (χ2n) is 4.33. The summed E-state index contributed by atoms with van der Waals surface area (Å²) in [7, 11) is 1.94. The van der Waals surface area contributed by atoms with Crippen LogP contribution in [0.5, 0.6) is 5.75 Å². The highest BCUT2D eigenvalue weighted by Crippen LogP contribution is 2.15. The summed E-state index contributed by atoms with van der Waals surface area (Å²) in [6.07, 6.45) is 0. The maximum absolute atomic E-state index is 10.0. The predicted molar refractivity (Wildman–Crippen MR) is 72.5 cm³/mol. The largest absolute Gasteiger partial charge is 0.546 e. The van der Waals surface area contributed by atoms with E-state index in [4.69, 9.17) is 14.9 Å². The summed E-state index contributed by atoms with van der Waals surface area (Å²) >= 11 is 0. The van der Waals surface area contributed by atoms with Gasteiger partial charge in [-0.1, -0.05) is 18.2 Å². The van der Waals surface area contributed by atoms with E-state index in [2.05, 4.69) is 0 Å². The third kappa shape index (κ3) is 9.32. The van der Waals surface area contributed by atoms with Crippen molar-refractivity contribution < 1.29 is 29.8 Å². The molecular weight excluding hydrogens is 262 g/mol. The molecule has 0 fully saturated rings. The number of aliphatic hydroxyl groups is 2. The van der Waals surface area contributed by atoms with E-state index in [9.17, 15) is 9.90 Å². The van der Waals surface area contributed by atoms with Gasteiger partial charge in [0.2, 0.25) is 0 Å². The number of nitrogens with one attached hydrogen (secondary N) is 1. The van der Waals surface area contributed by atoms with Crippen molar-refractivity contribution in [1.82, 2.24) is 0 Å². The first-order valence-electron chi connectivity index (χ1n) is 6.42. The Morgan fingerprint density at radius 1 is 1.25 bits per heavy atom. The lowest BCUT2D eigenvalue weighted by molar-refractivity contribution is -0.880. The molecule has 0 radical (unpaired) electrons. The van der Waals surface area contributed by atoms with Crippen molar-refractivity contribution in [2.45, 2.75) is 6.92 Å². The zero-order valence-corrected chi connectivity index (χ0v) is 12.0. The summed E-state index contributed by atoms with van der Waals surface area (Å²) in [6, 6.07) is 7.22. The molecule has 0 saturated carbocycles. The topological polar surface area (TPSA) is 94.3 Å². The molecule has 0 saturated heterocycles. The first-order chi connectivity index (χ1) is 9.51. The Labute approximate surface area is 119 Å². The second kappa shape index (κ2) is 11.2. The van der Waals surface area contributed by atoms with Gasteiger partial charge in [-0.25, -0.2) is 0 Å². The van der Waals surface area contributed by atoms with Crippen LogP contribution in [0.25, 0.3) is 0 Å². The Morgan fingerprint density at radius 2 is 1.80 bits per heavy atom. The molecular formula is C14H23NO5. The second-order valence-corrected chi connectivity index (χ2v) is 4.33. The number of hydrogen-bond acceptors (Lipinski definition) is 5. The van der Waals surface area contributed by atoms with Gasteiger partial charge in [0.05, 0.1) is 26.2 Å². The van der Waals surface area contributed by atoms with E-state index in [1.165, 1.54) is 0 Å². The SMILES string of the molecule is C[NH+](CCO)CCO.Cc1ccccc1OCC(=O)[O-]. The fraction of sp³-hybridized carbons (Fsp3) is 0.500. The molecule has 0 aliphatic rings. The third-order valence-electron chi connectivity index (χ3n) is 2.52. The minimum atomic E-state index is -1.21. The Balaban J connectivity index is 0.000000396. The smallest absolute Gasteiger partial charge is 0.128 e. The number of aliphatic carboxylic acids is 1. The number of carboxylic acids is 1. The van der Waals surface area contributed by atoms with Crippen LogP contribution in [0, 0.1) is 6.92 Å². The average molecular weight is 285 g/mol. The molecule has 1 rings (SSSR count). The van der Waals surface area contributed by atoms with E-state index in [1.54, 1.807) is 12.1 Å². The number of rotatable bonds is 7. The van der Waals surface area contributed by atoms with Crippen molar-refractivity contribution in [3.63, 3.8) is 0 Å². The van der Waals surface area contributed by atoms with E-state index < -0.39 is 12.6 Å². The minimum Gasteiger partial charge on any atom is -0.546 e. The van der Waals surface area contributed by atoms with Gasteiger partial charge >= 0.3 is 0 Å². The highest BCUT2D eigenvalue weighted by Gasteiger charge is 1.96. The number of carboxylic acid groups (broad SMARTS) is 1. The van der Waals surface area contributed by atoms with Gasteiger partial charge in [0, 0.05) is 0 Å².